The van der Waals surface area contributed by atoms with Crippen LogP contribution >= 0.6 is 0 Å². The molecule has 3 heteroatoms. The number of carbonyl (C=O) groups excluding carboxylic acids is 1. The van der Waals surface area contributed by atoms with Crippen LogP contribution in [0.25, 0.3) is 0 Å². The van der Waals surface area contributed by atoms with Gasteiger partial charge in [-0.25, -0.2) is 0 Å². The predicted molar refractivity (Wildman–Crippen MR) is 43.7 cm³/mol. The summed E-state index contributed by atoms with van der Waals surface area (Å²) in [6, 6.07) is 1.71. The second-order valence-electron chi connectivity index (χ2n) is 3.06. The maximum Gasteiger partial charge on any atom is 0.241 e. The van der Waals surface area contributed by atoms with Gasteiger partial charge in [-0.2, -0.15) is 5.26 Å². The van der Waals surface area contributed by atoms with Crippen molar-refractivity contribution >= 4 is 5.91 Å². The van der Waals surface area contributed by atoms with Crippen molar-refractivity contribution in [3.8, 4) is 18.4 Å². The van der Waals surface area contributed by atoms with Crippen LogP contribution in [-0.2, 0) is 4.79 Å². The van der Waals surface area contributed by atoms with Gasteiger partial charge in [0.25, 0.3) is 0 Å². The maximum absolute atomic E-state index is 11.3. The van der Waals surface area contributed by atoms with Crippen molar-refractivity contribution < 1.29 is 4.79 Å². The normalized spacial score (nSPS) is 19.9. The number of nitrogens with one attached hydrogen (secondary N) is 1. The second kappa shape index (κ2) is 2.87. The first-order chi connectivity index (χ1) is 5.64. The average molecular weight is 162 g/mol. The van der Waals surface area contributed by atoms with Crippen molar-refractivity contribution in [1.29, 1.82) is 5.26 Å². The van der Waals surface area contributed by atoms with Gasteiger partial charge in [-0.05, 0) is 19.8 Å². The van der Waals surface area contributed by atoms with E-state index in [0.717, 1.165) is 0 Å². The Morgan fingerprint density at radius 2 is 2.33 bits per heavy atom. The Morgan fingerprint density at radius 1 is 1.75 bits per heavy atom. The van der Waals surface area contributed by atoms with Gasteiger partial charge in [0.2, 0.25) is 5.91 Å². The molecule has 3 nitrogen and oxygen atoms in total. The fraction of sp³-hybridized carbons (Fsp3) is 0.556. The topological polar surface area (TPSA) is 52.9 Å². The fourth-order valence-corrected chi connectivity index (χ4v) is 0.891. The summed E-state index contributed by atoms with van der Waals surface area (Å²) >= 11 is 0. The van der Waals surface area contributed by atoms with Crippen LogP contribution in [0.3, 0.4) is 0 Å². The number of nitriles is 1. The molecular weight excluding hydrogens is 152 g/mol. The van der Waals surface area contributed by atoms with Crippen LogP contribution in [0.4, 0.5) is 0 Å². The molecule has 0 aromatic rings. The minimum absolute atomic E-state index is 0.226. The Labute approximate surface area is 71.8 Å². The van der Waals surface area contributed by atoms with Crippen LogP contribution in [-0.4, -0.2) is 11.9 Å². The molecule has 1 aliphatic rings. The summed E-state index contributed by atoms with van der Waals surface area (Å²) in [5.74, 6) is 2.15. The molecule has 12 heavy (non-hydrogen) atoms. The Morgan fingerprint density at radius 3 is 2.67 bits per heavy atom. The van der Waals surface area contributed by atoms with E-state index in [1.807, 2.05) is 6.07 Å². The Hall–Kier alpha value is -1.48. The molecule has 0 aromatic carbocycles. The van der Waals surface area contributed by atoms with Crippen LogP contribution in [0.15, 0.2) is 0 Å². The van der Waals surface area contributed by atoms with E-state index >= 15 is 0 Å². The lowest BCUT2D eigenvalue weighted by molar-refractivity contribution is -0.124. The molecule has 0 heterocycles. The summed E-state index contributed by atoms with van der Waals surface area (Å²) < 4.78 is 0. The fourth-order valence-electron chi connectivity index (χ4n) is 0.891. The maximum atomic E-state index is 11.3. The first kappa shape index (κ1) is 8.62. The third-order valence-electron chi connectivity index (χ3n) is 2.00. The van der Waals surface area contributed by atoms with Crippen LogP contribution in [0.2, 0.25) is 0 Å². The van der Waals surface area contributed by atoms with Crippen LogP contribution in [0, 0.1) is 29.1 Å². The molecule has 0 bridgehead atoms. The smallest absolute Gasteiger partial charge is 0.241 e. The van der Waals surface area contributed by atoms with Crippen molar-refractivity contribution in [2.24, 2.45) is 5.41 Å². The molecule has 0 aromatic heterocycles. The Kier molecular flexibility index (Phi) is 2.06. The molecule has 1 N–H and O–H groups in total. The van der Waals surface area contributed by atoms with Gasteiger partial charge in [0.05, 0.1) is 12.1 Å². The molecule has 0 saturated heterocycles. The summed E-state index contributed by atoms with van der Waals surface area (Å²) in [6.07, 6.45) is 6.40. The van der Waals surface area contributed by atoms with Gasteiger partial charge in [-0.15, -0.1) is 6.42 Å². The van der Waals surface area contributed by atoms with Gasteiger partial charge in [-0.1, -0.05) is 5.92 Å². The molecule has 1 fully saturated rings. The molecule has 1 atom stereocenters. The summed E-state index contributed by atoms with van der Waals surface area (Å²) in [4.78, 5) is 11.3. The summed E-state index contributed by atoms with van der Waals surface area (Å²) in [6.45, 7) is 1.71. The van der Waals surface area contributed by atoms with E-state index in [0.29, 0.717) is 12.8 Å². The summed E-state index contributed by atoms with van der Waals surface area (Å²) in [5, 5.41) is 11.2. The number of terminal acetylenes is 1. The van der Waals surface area contributed by atoms with E-state index in [2.05, 4.69) is 11.2 Å². The molecule has 1 rings (SSSR count). The van der Waals surface area contributed by atoms with Crippen molar-refractivity contribution in [2.45, 2.75) is 25.8 Å². The SMILES string of the molecule is C#CC(C)NC(=O)C1(C#N)CC1. The lowest BCUT2D eigenvalue weighted by atomic mass is 10.1. The first-order valence-electron chi connectivity index (χ1n) is 3.83. The highest BCUT2D eigenvalue weighted by Crippen LogP contribution is 2.44. The monoisotopic (exact) mass is 162 g/mol. The molecule has 0 spiro atoms. The lowest BCUT2D eigenvalue weighted by Gasteiger charge is -2.09. The van der Waals surface area contributed by atoms with Crippen LogP contribution in [0.5, 0.6) is 0 Å². The van der Waals surface area contributed by atoms with Crippen LogP contribution in [0.1, 0.15) is 19.8 Å². The first-order valence-corrected chi connectivity index (χ1v) is 3.83. The number of hydrogen-bond acceptors (Lipinski definition) is 2. The molecule has 1 amide bonds. The molecule has 1 unspecified atom stereocenters. The molecule has 1 aliphatic carbocycles. The van der Waals surface area contributed by atoms with Gasteiger partial charge < -0.3 is 5.32 Å². The molecule has 62 valence electrons. The highest BCUT2D eigenvalue weighted by Gasteiger charge is 2.50. The third kappa shape index (κ3) is 1.40. The van der Waals surface area contributed by atoms with Gasteiger partial charge in [0.1, 0.15) is 5.41 Å². The second-order valence-corrected chi connectivity index (χ2v) is 3.06. The van der Waals surface area contributed by atoms with E-state index in [1.165, 1.54) is 0 Å². The zero-order valence-electron chi connectivity index (χ0n) is 6.92. The molecule has 0 aliphatic heterocycles. The summed E-state index contributed by atoms with van der Waals surface area (Å²) in [7, 11) is 0. The van der Waals surface area contributed by atoms with E-state index in [1.54, 1.807) is 6.92 Å². The van der Waals surface area contributed by atoms with Crippen LogP contribution < -0.4 is 5.32 Å². The average Bonchev–Trinajstić information content (AvgIpc) is 2.84. The Balaban J connectivity index is 2.52. The number of carbonyl (C=O) groups is 1. The quantitative estimate of drug-likeness (QED) is 0.598. The Bertz CT molecular complexity index is 278. The van der Waals surface area contributed by atoms with Crippen molar-refractivity contribution in [3.63, 3.8) is 0 Å². The van der Waals surface area contributed by atoms with E-state index in [9.17, 15) is 4.79 Å². The standard InChI is InChI=1S/C9H10N2O/c1-3-7(2)11-8(12)9(6-10)4-5-9/h1,7H,4-5H2,2H3,(H,11,12). The number of amides is 1. The predicted octanol–water partition coefficient (Wildman–Crippen LogP) is 0.428. The number of rotatable bonds is 2. The van der Waals surface area contributed by atoms with Crippen molar-refractivity contribution in [1.82, 2.24) is 5.32 Å². The largest absolute Gasteiger partial charge is 0.341 e. The molecular formula is C9H10N2O. The van der Waals surface area contributed by atoms with E-state index < -0.39 is 5.41 Å². The number of hydrogen-bond donors (Lipinski definition) is 1. The van der Waals surface area contributed by atoms with Crippen molar-refractivity contribution in [2.75, 3.05) is 0 Å². The van der Waals surface area contributed by atoms with E-state index in [-0.39, 0.29) is 11.9 Å². The molecule has 0 radical (unpaired) electrons. The zero-order valence-corrected chi connectivity index (χ0v) is 6.92. The van der Waals surface area contributed by atoms with E-state index in [4.69, 9.17) is 11.7 Å². The van der Waals surface area contributed by atoms with Gasteiger partial charge >= 0.3 is 0 Å². The minimum Gasteiger partial charge on any atom is -0.341 e. The summed E-state index contributed by atoms with van der Waals surface area (Å²) in [5.41, 5.74) is -0.759. The van der Waals surface area contributed by atoms with Gasteiger partial charge in [0, 0.05) is 0 Å². The molecule has 1 saturated carbocycles. The van der Waals surface area contributed by atoms with Crippen molar-refractivity contribution in [3.05, 3.63) is 0 Å². The highest BCUT2D eigenvalue weighted by atomic mass is 16.2. The number of nitrogens with zero attached hydrogens (tertiary/aromatic N) is 1. The third-order valence-corrected chi connectivity index (χ3v) is 2.00. The lowest BCUT2D eigenvalue weighted by Crippen LogP contribution is -2.36. The van der Waals surface area contributed by atoms with Gasteiger partial charge in [-0.3, -0.25) is 4.79 Å². The minimum atomic E-state index is -0.759. The zero-order chi connectivity index (χ0) is 9.19. The van der Waals surface area contributed by atoms with Gasteiger partial charge in [0.15, 0.2) is 0 Å². The highest BCUT2D eigenvalue weighted by molar-refractivity contribution is 5.88.